The molecule has 88 valence electrons. The van der Waals surface area contributed by atoms with Crippen molar-refractivity contribution in [2.75, 3.05) is 32.1 Å². The average molecular weight is 220 g/mol. The highest BCUT2D eigenvalue weighted by atomic mass is 15.3. The number of hydrogen-bond donors (Lipinski definition) is 0. The van der Waals surface area contributed by atoms with Crippen LogP contribution in [0.15, 0.2) is 0 Å². The van der Waals surface area contributed by atoms with E-state index >= 15 is 0 Å². The van der Waals surface area contributed by atoms with Crippen molar-refractivity contribution in [3.8, 4) is 0 Å². The van der Waals surface area contributed by atoms with Gasteiger partial charge in [-0.3, -0.25) is 0 Å². The molecule has 4 heteroatoms. The lowest BCUT2D eigenvalue weighted by atomic mass is 10.1. The van der Waals surface area contributed by atoms with Gasteiger partial charge in [-0.15, -0.1) is 0 Å². The molecule has 0 spiro atoms. The Morgan fingerprint density at radius 1 is 1.19 bits per heavy atom. The first kappa shape index (κ1) is 11.3. The van der Waals surface area contributed by atoms with Gasteiger partial charge in [0.25, 0.3) is 0 Å². The van der Waals surface area contributed by atoms with Crippen molar-refractivity contribution >= 4 is 5.82 Å². The zero-order chi connectivity index (χ0) is 11.9. The number of aryl methyl sites for hydroxylation is 2. The van der Waals surface area contributed by atoms with Crippen LogP contribution in [0.25, 0.3) is 0 Å². The summed E-state index contributed by atoms with van der Waals surface area (Å²) >= 11 is 0. The van der Waals surface area contributed by atoms with E-state index < -0.39 is 0 Å². The van der Waals surface area contributed by atoms with Crippen LogP contribution in [0, 0.1) is 20.8 Å². The molecule has 0 aliphatic carbocycles. The maximum atomic E-state index is 4.56. The van der Waals surface area contributed by atoms with E-state index in [0.717, 1.165) is 30.4 Å². The molecule has 0 radical (unpaired) electrons. The maximum absolute atomic E-state index is 4.56. The van der Waals surface area contributed by atoms with Crippen molar-refractivity contribution < 1.29 is 0 Å². The van der Waals surface area contributed by atoms with E-state index in [1.807, 2.05) is 13.8 Å². The van der Waals surface area contributed by atoms with Crippen molar-refractivity contribution in [1.82, 2.24) is 14.9 Å². The first-order chi connectivity index (χ1) is 7.49. The Kier molecular flexibility index (Phi) is 2.84. The molecule has 0 bridgehead atoms. The summed E-state index contributed by atoms with van der Waals surface area (Å²) < 4.78 is 0. The quantitative estimate of drug-likeness (QED) is 0.748. The predicted octanol–water partition coefficient (Wildman–Crippen LogP) is 1.15. The van der Waals surface area contributed by atoms with Gasteiger partial charge < -0.3 is 9.80 Å². The molecule has 0 N–H and O–H groups in total. The van der Waals surface area contributed by atoms with Crippen LogP contribution >= 0.6 is 0 Å². The minimum Gasteiger partial charge on any atom is -0.354 e. The highest BCUT2D eigenvalue weighted by molar-refractivity contribution is 5.49. The van der Waals surface area contributed by atoms with E-state index in [9.17, 15) is 0 Å². The van der Waals surface area contributed by atoms with E-state index in [4.69, 9.17) is 0 Å². The molecule has 2 heterocycles. The van der Waals surface area contributed by atoms with Crippen LogP contribution in [0.1, 0.15) is 17.1 Å². The summed E-state index contributed by atoms with van der Waals surface area (Å²) in [6, 6.07) is 0.595. The lowest BCUT2D eigenvalue weighted by Crippen LogP contribution is -2.57. The highest BCUT2D eigenvalue weighted by Gasteiger charge is 2.28. The molecule has 1 saturated heterocycles. The fraction of sp³-hybridized carbons (Fsp3) is 0.667. The van der Waals surface area contributed by atoms with Crippen molar-refractivity contribution in [1.29, 1.82) is 0 Å². The third-order valence-electron chi connectivity index (χ3n) is 3.40. The van der Waals surface area contributed by atoms with E-state index in [1.54, 1.807) is 0 Å². The van der Waals surface area contributed by atoms with Gasteiger partial charge in [0.15, 0.2) is 0 Å². The molecular weight excluding hydrogens is 200 g/mol. The van der Waals surface area contributed by atoms with Gasteiger partial charge in [0, 0.05) is 31.4 Å². The van der Waals surface area contributed by atoms with Crippen molar-refractivity contribution in [2.45, 2.75) is 26.8 Å². The molecule has 16 heavy (non-hydrogen) atoms. The number of likely N-dealkylation sites (tertiary alicyclic amines) is 1. The van der Waals surface area contributed by atoms with Gasteiger partial charge in [0.05, 0.1) is 6.04 Å². The largest absolute Gasteiger partial charge is 0.354 e. The lowest BCUT2D eigenvalue weighted by molar-refractivity contribution is 0.187. The smallest absolute Gasteiger partial charge is 0.135 e. The summed E-state index contributed by atoms with van der Waals surface area (Å²) in [5.41, 5.74) is 2.28. The summed E-state index contributed by atoms with van der Waals surface area (Å²) in [5, 5.41) is 0. The topological polar surface area (TPSA) is 32.3 Å². The minimum atomic E-state index is 0.595. The van der Waals surface area contributed by atoms with Crippen molar-refractivity contribution in [3.63, 3.8) is 0 Å². The summed E-state index contributed by atoms with van der Waals surface area (Å²) in [4.78, 5) is 13.5. The van der Waals surface area contributed by atoms with Gasteiger partial charge in [0.1, 0.15) is 11.6 Å². The zero-order valence-electron chi connectivity index (χ0n) is 10.8. The molecule has 0 saturated carbocycles. The number of aromatic nitrogens is 2. The Bertz CT molecular complexity index is 396. The fourth-order valence-electron chi connectivity index (χ4n) is 2.18. The fourth-order valence-corrected chi connectivity index (χ4v) is 2.18. The Balaban J connectivity index is 2.26. The number of rotatable bonds is 2. The summed E-state index contributed by atoms with van der Waals surface area (Å²) in [5.74, 6) is 1.95. The van der Waals surface area contributed by atoms with E-state index in [1.165, 1.54) is 5.56 Å². The summed E-state index contributed by atoms with van der Waals surface area (Å²) in [7, 11) is 4.28. The van der Waals surface area contributed by atoms with Gasteiger partial charge in [-0.25, -0.2) is 9.97 Å². The SMILES string of the molecule is Cc1nc(C)c(C)c(N(C)C2CN(C)C2)n1. The van der Waals surface area contributed by atoms with Crippen molar-refractivity contribution in [2.24, 2.45) is 0 Å². The van der Waals surface area contributed by atoms with Crippen LogP contribution in [0.2, 0.25) is 0 Å². The minimum absolute atomic E-state index is 0.595. The van der Waals surface area contributed by atoms with E-state index in [2.05, 4.69) is 40.8 Å². The monoisotopic (exact) mass is 220 g/mol. The second-order valence-electron chi connectivity index (χ2n) is 4.79. The van der Waals surface area contributed by atoms with E-state index in [-0.39, 0.29) is 0 Å². The van der Waals surface area contributed by atoms with Gasteiger partial charge in [-0.1, -0.05) is 0 Å². The summed E-state index contributed by atoms with van der Waals surface area (Å²) in [6.45, 7) is 8.35. The van der Waals surface area contributed by atoms with Crippen LogP contribution in [-0.2, 0) is 0 Å². The standard InChI is InChI=1S/C12H20N4/c1-8-9(2)13-10(3)14-12(8)16(5)11-6-15(4)7-11/h11H,6-7H2,1-5H3. The third kappa shape index (κ3) is 1.89. The lowest BCUT2D eigenvalue weighted by Gasteiger charge is -2.42. The van der Waals surface area contributed by atoms with Crippen LogP contribution in [0.5, 0.6) is 0 Å². The predicted molar refractivity (Wildman–Crippen MR) is 65.9 cm³/mol. The number of hydrogen-bond acceptors (Lipinski definition) is 4. The average Bonchev–Trinajstić information content (AvgIpc) is 2.18. The Morgan fingerprint density at radius 2 is 1.81 bits per heavy atom. The number of anilines is 1. The molecule has 1 aliphatic heterocycles. The van der Waals surface area contributed by atoms with Gasteiger partial charge in [-0.05, 0) is 27.8 Å². The molecular formula is C12H20N4. The molecule has 1 aliphatic rings. The first-order valence-electron chi connectivity index (χ1n) is 5.72. The van der Waals surface area contributed by atoms with Crippen LogP contribution in [0.4, 0.5) is 5.82 Å². The second kappa shape index (κ2) is 4.01. The molecule has 1 aromatic rings. The van der Waals surface area contributed by atoms with E-state index in [0.29, 0.717) is 6.04 Å². The molecule has 0 unspecified atom stereocenters. The third-order valence-corrected chi connectivity index (χ3v) is 3.40. The van der Waals surface area contributed by atoms with Crippen LogP contribution in [0.3, 0.4) is 0 Å². The number of nitrogens with zero attached hydrogens (tertiary/aromatic N) is 4. The van der Waals surface area contributed by atoms with Gasteiger partial charge in [-0.2, -0.15) is 0 Å². The molecule has 4 nitrogen and oxygen atoms in total. The molecule has 1 aromatic heterocycles. The Hall–Kier alpha value is -1.16. The van der Waals surface area contributed by atoms with Gasteiger partial charge >= 0.3 is 0 Å². The first-order valence-corrected chi connectivity index (χ1v) is 5.72. The molecule has 0 aromatic carbocycles. The Labute approximate surface area is 97.3 Å². The summed E-state index contributed by atoms with van der Waals surface area (Å²) in [6.07, 6.45) is 0. The van der Waals surface area contributed by atoms with Crippen LogP contribution < -0.4 is 4.90 Å². The molecule has 1 fully saturated rings. The second-order valence-corrected chi connectivity index (χ2v) is 4.79. The zero-order valence-corrected chi connectivity index (χ0v) is 10.8. The molecule has 0 atom stereocenters. The Morgan fingerprint density at radius 3 is 2.38 bits per heavy atom. The maximum Gasteiger partial charge on any atom is 0.135 e. The normalized spacial score (nSPS) is 17.3. The highest BCUT2D eigenvalue weighted by Crippen LogP contribution is 2.23. The molecule has 2 rings (SSSR count). The van der Waals surface area contributed by atoms with Crippen LogP contribution in [-0.4, -0.2) is 48.1 Å². The number of likely N-dealkylation sites (N-methyl/N-ethyl adjacent to an activating group) is 2. The van der Waals surface area contributed by atoms with Gasteiger partial charge in [0.2, 0.25) is 0 Å². The van der Waals surface area contributed by atoms with Crippen molar-refractivity contribution in [3.05, 3.63) is 17.1 Å². The molecule has 0 amide bonds.